The van der Waals surface area contributed by atoms with Gasteiger partial charge >= 0.3 is 0 Å². The molecule has 0 heterocycles. The molecule has 0 unspecified atom stereocenters. The van der Waals surface area contributed by atoms with E-state index in [-0.39, 0.29) is 39.6 Å². The van der Waals surface area contributed by atoms with Crippen LogP contribution in [0.15, 0.2) is 65.6 Å². The van der Waals surface area contributed by atoms with E-state index >= 15 is 0 Å². The SMILES string of the molecule is CCCCNC(=O)[C@H](C)N(Cc1ccc(Cl)cc1)C(=O)CN(c1cc(Cl)ccc1OC)S(=O)(=O)c1ccc(OC)c(OC)c1. The Labute approximate surface area is 268 Å². The molecule has 3 rings (SSSR count). The number of unbranched alkanes of at least 4 members (excludes halogenated alkanes) is 1. The monoisotopic (exact) mass is 665 g/mol. The first kappa shape index (κ1) is 34.8. The molecule has 3 aromatic carbocycles. The van der Waals surface area contributed by atoms with Crippen LogP contribution in [0.1, 0.15) is 32.3 Å². The predicted octanol–water partition coefficient (Wildman–Crippen LogP) is 5.55. The summed E-state index contributed by atoms with van der Waals surface area (Å²) in [6, 6.07) is 14.5. The van der Waals surface area contributed by atoms with Crippen molar-refractivity contribution in [2.75, 3.05) is 38.7 Å². The van der Waals surface area contributed by atoms with Gasteiger partial charge in [0.15, 0.2) is 11.5 Å². The third kappa shape index (κ3) is 8.49. The molecule has 0 saturated heterocycles. The number of benzene rings is 3. The minimum Gasteiger partial charge on any atom is -0.495 e. The highest BCUT2D eigenvalue weighted by Crippen LogP contribution is 2.37. The molecule has 0 aromatic heterocycles. The van der Waals surface area contributed by atoms with Crippen molar-refractivity contribution in [2.24, 2.45) is 0 Å². The summed E-state index contributed by atoms with van der Waals surface area (Å²) in [6.07, 6.45) is 1.65. The van der Waals surface area contributed by atoms with Gasteiger partial charge < -0.3 is 24.4 Å². The highest BCUT2D eigenvalue weighted by Gasteiger charge is 2.34. The maximum Gasteiger partial charge on any atom is 0.265 e. The fraction of sp³-hybridized carbons (Fsp3) is 0.355. The largest absolute Gasteiger partial charge is 0.495 e. The Morgan fingerprint density at radius 2 is 1.48 bits per heavy atom. The third-order valence-corrected chi connectivity index (χ3v) is 9.14. The van der Waals surface area contributed by atoms with Gasteiger partial charge in [-0.2, -0.15) is 0 Å². The second kappa shape index (κ2) is 15.9. The maximum absolute atomic E-state index is 14.3. The number of rotatable bonds is 15. The Kier molecular flexibility index (Phi) is 12.6. The number of nitrogens with zero attached hydrogens (tertiary/aromatic N) is 2. The van der Waals surface area contributed by atoms with Gasteiger partial charge in [-0.3, -0.25) is 13.9 Å². The van der Waals surface area contributed by atoms with Gasteiger partial charge in [-0.15, -0.1) is 0 Å². The van der Waals surface area contributed by atoms with Gasteiger partial charge in [0.2, 0.25) is 11.8 Å². The molecule has 13 heteroatoms. The van der Waals surface area contributed by atoms with Crippen LogP contribution < -0.4 is 23.8 Å². The van der Waals surface area contributed by atoms with E-state index in [9.17, 15) is 18.0 Å². The molecule has 0 fully saturated rings. The number of ether oxygens (including phenoxy) is 3. The van der Waals surface area contributed by atoms with Gasteiger partial charge in [-0.05, 0) is 61.4 Å². The number of amides is 2. The predicted molar refractivity (Wildman–Crippen MR) is 171 cm³/mol. The number of sulfonamides is 1. The minimum atomic E-state index is -4.44. The van der Waals surface area contributed by atoms with Crippen LogP contribution in [0.3, 0.4) is 0 Å². The summed E-state index contributed by atoms with van der Waals surface area (Å²) >= 11 is 12.4. The van der Waals surface area contributed by atoms with Crippen molar-refractivity contribution < 1.29 is 32.2 Å². The number of halogens is 2. The molecule has 0 saturated carbocycles. The second-order valence-electron chi connectivity index (χ2n) is 9.81. The standard InChI is InChI=1S/C31H37Cl2N3O7S/c1-6-7-16-34-31(38)21(2)35(19-22-8-10-23(32)11-9-22)30(37)20-36(26-17-24(33)12-14-27(26)41-3)44(39,40)25-13-15-28(42-4)29(18-25)43-5/h8-15,17-18,21H,6-7,16,19-20H2,1-5H3,(H,34,38)/t21-/m0/s1. The number of carbonyl (C=O) groups is 2. The van der Waals surface area contributed by atoms with Crippen molar-refractivity contribution in [2.45, 2.75) is 44.2 Å². The fourth-order valence-electron chi connectivity index (χ4n) is 4.38. The molecule has 0 aliphatic heterocycles. The van der Waals surface area contributed by atoms with Crippen LogP contribution in [0.25, 0.3) is 0 Å². The van der Waals surface area contributed by atoms with Crippen LogP contribution in [-0.2, 0) is 26.2 Å². The summed E-state index contributed by atoms with van der Waals surface area (Å²) in [4.78, 5) is 28.5. The first-order valence-electron chi connectivity index (χ1n) is 13.9. The van der Waals surface area contributed by atoms with Crippen LogP contribution in [0.2, 0.25) is 10.0 Å². The van der Waals surface area contributed by atoms with E-state index in [1.165, 1.54) is 56.6 Å². The van der Waals surface area contributed by atoms with Gasteiger partial charge in [0, 0.05) is 29.2 Å². The molecule has 0 aliphatic carbocycles. The molecular weight excluding hydrogens is 629 g/mol. The van der Waals surface area contributed by atoms with Crippen molar-refractivity contribution in [1.82, 2.24) is 10.2 Å². The Morgan fingerprint density at radius 1 is 0.864 bits per heavy atom. The summed E-state index contributed by atoms with van der Waals surface area (Å²) < 4.78 is 45.5. The maximum atomic E-state index is 14.3. The zero-order valence-corrected chi connectivity index (χ0v) is 27.6. The number of hydrogen-bond acceptors (Lipinski definition) is 7. The van der Waals surface area contributed by atoms with E-state index in [4.69, 9.17) is 37.4 Å². The van der Waals surface area contributed by atoms with Gasteiger partial charge in [0.25, 0.3) is 10.0 Å². The number of anilines is 1. The summed E-state index contributed by atoms with van der Waals surface area (Å²) in [5.74, 6) is -0.327. The molecule has 0 radical (unpaired) electrons. The van der Waals surface area contributed by atoms with Gasteiger partial charge in [0.1, 0.15) is 18.3 Å². The van der Waals surface area contributed by atoms with E-state index in [0.717, 1.165) is 17.1 Å². The van der Waals surface area contributed by atoms with Crippen LogP contribution in [0.5, 0.6) is 17.2 Å². The second-order valence-corrected chi connectivity index (χ2v) is 12.5. The van der Waals surface area contributed by atoms with Crippen LogP contribution in [0, 0.1) is 0 Å². The quantitative estimate of drug-likeness (QED) is 0.212. The molecule has 44 heavy (non-hydrogen) atoms. The number of nitrogens with one attached hydrogen (secondary N) is 1. The Hall–Kier alpha value is -3.67. The topological polar surface area (TPSA) is 114 Å². The molecular formula is C31H37Cl2N3O7S. The van der Waals surface area contributed by atoms with Crippen LogP contribution >= 0.6 is 23.2 Å². The van der Waals surface area contributed by atoms with Gasteiger partial charge in [-0.25, -0.2) is 8.42 Å². The van der Waals surface area contributed by atoms with Crippen molar-refractivity contribution in [3.05, 3.63) is 76.3 Å². The van der Waals surface area contributed by atoms with Gasteiger partial charge in [0.05, 0.1) is 31.9 Å². The smallest absolute Gasteiger partial charge is 0.265 e. The lowest BCUT2D eigenvalue weighted by Gasteiger charge is -2.32. The Bertz CT molecular complexity index is 1550. The molecule has 1 N–H and O–H groups in total. The molecule has 1 atom stereocenters. The van der Waals surface area contributed by atoms with Crippen molar-refractivity contribution in [3.63, 3.8) is 0 Å². The third-order valence-electron chi connectivity index (χ3n) is 6.89. The molecule has 238 valence electrons. The van der Waals surface area contributed by atoms with E-state index < -0.39 is 28.5 Å². The minimum absolute atomic E-state index is 0.0231. The molecule has 2 amide bonds. The van der Waals surface area contributed by atoms with Crippen molar-refractivity contribution >= 4 is 50.7 Å². The van der Waals surface area contributed by atoms with E-state index in [1.54, 1.807) is 37.3 Å². The molecule has 3 aromatic rings. The highest BCUT2D eigenvalue weighted by molar-refractivity contribution is 7.92. The summed E-state index contributed by atoms with van der Waals surface area (Å²) in [5.41, 5.74) is 0.736. The summed E-state index contributed by atoms with van der Waals surface area (Å²) in [5, 5.41) is 3.59. The zero-order chi connectivity index (χ0) is 32.4. The Balaban J connectivity index is 2.11. The van der Waals surface area contributed by atoms with E-state index in [1.807, 2.05) is 6.92 Å². The number of methoxy groups -OCH3 is 3. The van der Waals surface area contributed by atoms with Gasteiger partial charge in [-0.1, -0.05) is 48.7 Å². The van der Waals surface area contributed by atoms with E-state index in [0.29, 0.717) is 22.9 Å². The average Bonchev–Trinajstić information content (AvgIpc) is 3.02. The molecule has 0 spiro atoms. The summed E-state index contributed by atoms with van der Waals surface area (Å²) in [6.45, 7) is 3.40. The van der Waals surface area contributed by atoms with Crippen molar-refractivity contribution in [1.29, 1.82) is 0 Å². The Morgan fingerprint density at radius 3 is 2.09 bits per heavy atom. The first-order valence-corrected chi connectivity index (χ1v) is 16.1. The molecule has 0 aliphatic rings. The zero-order valence-electron chi connectivity index (χ0n) is 25.3. The normalized spacial score (nSPS) is 11.8. The van der Waals surface area contributed by atoms with Crippen molar-refractivity contribution in [3.8, 4) is 17.2 Å². The average molecular weight is 667 g/mol. The molecule has 0 bridgehead atoms. The number of hydrogen-bond donors (Lipinski definition) is 1. The lowest BCUT2D eigenvalue weighted by Crippen LogP contribution is -2.51. The fourth-order valence-corrected chi connectivity index (χ4v) is 6.11. The lowest BCUT2D eigenvalue weighted by molar-refractivity contribution is -0.139. The van der Waals surface area contributed by atoms with Crippen LogP contribution in [0.4, 0.5) is 5.69 Å². The summed E-state index contributed by atoms with van der Waals surface area (Å²) in [7, 11) is -0.238. The van der Waals surface area contributed by atoms with Crippen LogP contribution in [-0.4, -0.2) is 65.6 Å². The lowest BCUT2D eigenvalue weighted by atomic mass is 10.1. The molecule has 10 nitrogen and oxygen atoms in total. The first-order chi connectivity index (χ1) is 21.0. The highest BCUT2D eigenvalue weighted by atomic mass is 35.5. The van der Waals surface area contributed by atoms with E-state index in [2.05, 4.69) is 5.32 Å². The number of carbonyl (C=O) groups excluding carboxylic acids is 2.